The normalized spacial score (nSPS) is 14.7. The van der Waals surface area contributed by atoms with Gasteiger partial charge in [0.2, 0.25) is 5.91 Å². The Morgan fingerprint density at radius 1 is 1.25 bits per heavy atom. The monoisotopic (exact) mass is 343 g/mol. The molecule has 0 saturated heterocycles. The Balaban J connectivity index is 1.60. The number of nitrogens with zero attached hydrogens (tertiary/aromatic N) is 1. The van der Waals surface area contributed by atoms with Gasteiger partial charge in [-0.15, -0.1) is 0 Å². The maximum Gasteiger partial charge on any atom is 0.251 e. The maximum absolute atomic E-state index is 12.1. The zero-order valence-electron chi connectivity index (χ0n) is 13.5. The molecule has 1 heterocycles. The Morgan fingerprint density at radius 2 is 2.00 bits per heavy atom. The summed E-state index contributed by atoms with van der Waals surface area (Å²) in [5.74, 6) is 0.667. The molecule has 5 nitrogen and oxygen atoms in total. The van der Waals surface area contributed by atoms with Crippen LogP contribution < -0.4 is 10.9 Å². The molecule has 126 valence electrons. The number of hydrogen-bond donors (Lipinski definition) is 2. The Labute approximate surface area is 145 Å². The molecule has 0 radical (unpaired) electrons. The molecule has 6 heteroatoms. The van der Waals surface area contributed by atoms with Gasteiger partial charge >= 0.3 is 0 Å². The molecule has 0 spiro atoms. The summed E-state index contributed by atoms with van der Waals surface area (Å²) in [6.45, 7) is 0. The number of aromatic nitrogens is 2. The number of nitrogens with one attached hydrogen (secondary N) is 2. The molecule has 1 aromatic carbocycles. The number of hydrogen-bond acceptors (Lipinski definition) is 4. The first-order valence-corrected chi connectivity index (χ1v) is 9.24. The van der Waals surface area contributed by atoms with Crippen LogP contribution in [0.4, 0.5) is 0 Å². The standard InChI is InChI=1S/C18H21N3O2S/c22-16(19-14-8-4-5-9-14)10-15-11-17(23)21-18(20-15)24-12-13-6-2-1-3-7-13/h1-3,6-7,11,14H,4-5,8-10,12H2,(H,19,22)(H,20,21,23). The van der Waals surface area contributed by atoms with Crippen LogP contribution in [0.15, 0.2) is 46.3 Å². The van der Waals surface area contributed by atoms with Crippen molar-refractivity contribution in [3.8, 4) is 0 Å². The predicted molar refractivity (Wildman–Crippen MR) is 95.0 cm³/mol. The van der Waals surface area contributed by atoms with E-state index < -0.39 is 0 Å². The third-order valence-corrected chi connectivity index (χ3v) is 5.00. The minimum atomic E-state index is -0.218. The van der Waals surface area contributed by atoms with E-state index in [0.29, 0.717) is 10.9 Å². The van der Waals surface area contributed by atoms with Crippen molar-refractivity contribution in [2.45, 2.75) is 49.1 Å². The van der Waals surface area contributed by atoms with Crippen LogP contribution in [0.5, 0.6) is 0 Å². The highest BCUT2D eigenvalue weighted by molar-refractivity contribution is 7.98. The number of rotatable bonds is 6. The minimum Gasteiger partial charge on any atom is -0.353 e. The smallest absolute Gasteiger partial charge is 0.251 e. The van der Waals surface area contributed by atoms with Crippen LogP contribution in [0.25, 0.3) is 0 Å². The summed E-state index contributed by atoms with van der Waals surface area (Å²) in [6, 6.07) is 11.7. The van der Waals surface area contributed by atoms with Gasteiger partial charge in [-0.3, -0.25) is 9.59 Å². The van der Waals surface area contributed by atoms with E-state index in [4.69, 9.17) is 0 Å². The highest BCUT2D eigenvalue weighted by Gasteiger charge is 2.17. The lowest BCUT2D eigenvalue weighted by atomic mass is 10.2. The summed E-state index contributed by atoms with van der Waals surface area (Å²) >= 11 is 1.46. The maximum atomic E-state index is 12.1. The molecule has 3 rings (SSSR count). The van der Waals surface area contributed by atoms with E-state index in [-0.39, 0.29) is 23.9 Å². The average Bonchev–Trinajstić information content (AvgIpc) is 3.06. The molecule has 1 aromatic heterocycles. The van der Waals surface area contributed by atoms with E-state index in [1.807, 2.05) is 30.3 Å². The summed E-state index contributed by atoms with van der Waals surface area (Å²) in [4.78, 5) is 31.0. The fourth-order valence-corrected chi connectivity index (χ4v) is 3.73. The largest absolute Gasteiger partial charge is 0.353 e. The Kier molecular flexibility index (Phi) is 5.69. The zero-order chi connectivity index (χ0) is 16.8. The first-order chi connectivity index (χ1) is 11.7. The first kappa shape index (κ1) is 16.8. The molecule has 0 bridgehead atoms. The van der Waals surface area contributed by atoms with E-state index in [9.17, 15) is 9.59 Å². The zero-order valence-corrected chi connectivity index (χ0v) is 14.3. The molecule has 0 unspecified atom stereocenters. The van der Waals surface area contributed by atoms with Gasteiger partial charge in [0.25, 0.3) is 5.56 Å². The number of thioether (sulfide) groups is 1. The van der Waals surface area contributed by atoms with Gasteiger partial charge in [-0.1, -0.05) is 54.9 Å². The van der Waals surface area contributed by atoms with Gasteiger partial charge in [0, 0.05) is 17.9 Å². The van der Waals surface area contributed by atoms with Crippen LogP contribution in [0.2, 0.25) is 0 Å². The van der Waals surface area contributed by atoms with Gasteiger partial charge in [-0.05, 0) is 18.4 Å². The highest BCUT2D eigenvalue weighted by Crippen LogP contribution is 2.19. The molecule has 1 amide bonds. The summed E-state index contributed by atoms with van der Waals surface area (Å²) in [6.07, 6.45) is 4.60. The fourth-order valence-electron chi connectivity index (χ4n) is 2.88. The molecular formula is C18H21N3O2S. The van der Waals surface area contributed by atoms with Crippen molar-refractivity contribution in [3.05, 3.63) is 58.0 Å². The van der Waals surface area contributed by atoms with Crippen molar-refractivity contribution in [1.82, 2.24) is 15.3 Å². The van der Waals surface area contributed by atoms with Crippen molar-refractivity contribution >= 4 is 17.7 Å². The number of benzene rings is 1. The van der Waals surface area contributed by atoms with E-state index in [2.05, 4.69) is 15.3 Å². The molecule has 1 fully saturated rings. The minimum absolute atomic E-state index is 0.0565. The Morgan fingerprint density at radius 3 is 2.75 bits per heavy atom. The molecule has 0 aliphatic heterocycles. The second kappa shape index (κ2) is 8.15. The predicted octanol–water partition coefficient (Wildman–Crippen LogP) is 2.66. The Bertz CT molecular complexity index is 739. The summed E-state index contributed by atoms with van der Waals surface area (Å²) in [5.41, 5.74) is 1.46. The van der Waals surface area contributed by atoms with Crippen molar-refractivity contribution in [1.29, 1.82) is 0 Å². The van der Waals surface area contributed by atoms with E-state index >= 15 is 0 Å². The fraction of sp³-hybridized carbons (Fsp3) is 0.389. The quantitative estimate of drug-likeness (QED) is 0.625. The van der Waals surface area contributed by atoms with Crippen LogP contribution in [0.1, 0.15) is 36.9 Å². The second-order valence-corrected chi connectivity index (χ2v) is 7.01. The number of aromatic amines is 1. The summed E-state index contributed by atoms with van der Waals surface area (Å²) in [5, 5.41) is 3.58. The lowest BCUT2D eigenvalue weighted by Crippen LogP contribution is -2.34. The van der Waals surface area contributed by atoms with Crippen LogP contribution in [0.3, 0.4) is 0 Å². The van der Waals surface area contributed by atoms with E-state index in [0.717, 1.165) is 24.2 Å². The molecule has 1 saturated carbocycles. The number of carbonyl (C=O) groups excluding carboxylic acids is 1. The number of H-pyrrole nitrogens is 1. The molecule has 1 aliphatic rings. The number of amides is 1. The molecule has 2 N–H and O–H groups in total. The summed E-state index contributed by atoms with van der Waals surface area (Å²) in [7, 11) is 0. The lowest BCUT2D eigenvalue weighted by molar-refractivity contribution is -0.121. The molecule has 2 aromatic rings. The van der Waals surface area contributed by atoms with Crippen LogP contribution in [0, 0.1) is 0 Å². The lowest BCUT2D eigenvalue weighted by Gasteiger charge is -2.11. The molecule has 24 heavy (non-hydrogen) atoms. The van der Waals surface area contributed by atoms with Crippen molar-refractivity contribution < 1.29 is 4.79 Å². The van der Waals surface area contributed by atoms with Gasteiger partial charge < -0.3 is 10.3 Å². The third kappa shape index (κ3) is 4.96. The molecule has 0 atom stereocenters. The molecule has 1 aliphatic carbocycles. The SMILES string of the molecule is O=C(Cc1cc(=O)[nH]c(SCc2ccccc2)n1)NC1CCCC1. The van der Waals surface area contributed by atoms with Crippen molar-refractivity contribution in [2.24, 2.45) is 0 Å². The van der Waals surface area contributed by atoms with Crippen LogP contribution in [-0.4, -0.2) is 21.9 Å². The van der Waals surface area contributed by atoms with Gasteiger partial charge in [0.05, 0.1) is 12.1 Å². The van der Waals surface area contributed by atoms with Crippen molar-refractivity contribution in [2.75, 3.05) is 0 Å². The van der Waals surface area contributed by atoms with Gasteiger partial charge in [0.15, 0.2) is 5.16 Å². The molecular weight excluding hydrogens is 322 g/mol. The van der Waals surface area contributed by atoms with Crippen LogP contribution >= 0.6 is 11.8 Å². The first-order valence-electron chi connectivity index (χ1n) is 8.25. The van der Waals surface area contributed by atoms with Crippen LogP contribution in [-0.2, 0) is 17.0 Å². The Hall–Kier alpha value is -2.08. The average molecular weight is 343 g/mol. The second-order valence-electron chi connectivity index (χ2n) is 6.04. The topological polar surface area (TPSA) is 74.8 Å². The number of carbonyl (C=O) groups is 1. The van der Waals surface area contributed by atoms with Crippen molar-refractivity contribution in [3.63, 3.8) is 0 Å². The van der Waals surface area contributed by atoms with E-state index in [1.54, 1.807) is 0 Å². The third-order valence-electron chi connectivity index (χ3n) is 4.05. The van der Waals surface area contributed by atoms with Gasteiger partial charge in [-0.2, -0.15) is 0 Å². The highest BCUT2D eigenvalue weighted by atomic mass is 32.2. The van der Waals surface area contributed by atoms with E-state index in [1.165, 1.54) is 30.7 Å². The summed E-state index contributed by atoms with van der Waals surface area (Å²) < 4.78 is 0. The van der Waals surface area contributed by atoms with Gasteiger partial charge in [-0.25, -0.2) is 4.98 Å². The van der Waals surface area contributed by atoms with Gasteiger partial charge in [0.1, 0.15) is 0 Å².